The lowest BCUT2D eigenvalue weighted by molar-refractivity contribution is 0.107. The first-order valence-electron chi connectivity index (χ1n) is 8.49. The first-order chi connectivity index (χ1) is 12.2. The van der Waals surface area contributed by atoms with Crippen molar-refractivity contribution in [1.29, 1.82) is 0 Å². The number of rotatable bonds is 5. The Morgan fingerprint density at radius 3 is 2.84 bits per heavy atom. The third-order valence-corrected chi connectivity index (χ3v) is 4.51. The number of hydrogen-bond acceptors (Lipinski definition) is 4. The average Bonchev–Trinajstić information content (AvgIpc) is 3.36. The number of carbonyl (C=O) groups is 1. The summed E-state index contributed by atoms with van der Waals surface area (Å²) < 4.78 is 20.5. The molecule has 1 saturated carbocycles. The number of benzene rings is 1. The van der Waals surface area contributed by atoms with Crippen molar-refractivity contribution in [3.05, 3.63) is 41.5 Å². The van der Waals surface area contributed by atoms with E-state index in [0.717, 1.165) is 18.0 Å². The van der Waals surface area contributed by atoms with Gasteiger partial charge >= 0.3 is 6.03 Å². The highest BCUT2D eigenvalue weighted by atomic mass is 19.1. The van der Waals surface area contributed by atoms with Crippen LogP contribution in [0.15, 0.2) is 24.3 Å². The van der Waals surface area contributed by atoms with Crippen LogP contribution in [-0.2, 0) is 24.4 Å². The lowest BCUT2D eigenvalue weighted by Gasteiger charge is -2.27. The van der Waals surface area contributed by atoms with Crippen molar-refractivity contribution in [2.24, 2.45) is 5.92 Å². The lowest BCUT2D eigenvalue weighted by Crippen LogP contribution is -2.41. The minimum atomic E-state index is -0.332. The minimum Gasteiger partial charge on any atom is -0.375 e. The summed E-state index contributed by atoms with van der Waals surface area (Å²) in [7, 11) is 0. The van der Waals surface area contributed by atoms with E-state index in [4.69, 9.17) is 4.74 Å². The summed E-state index contributed by atoms with van der Waals surface area (Å²) in [4.78, 5) is 14.1. The Bertz CT molecular complexity index is 757. The van der Waals surface area contributed by atoms with Crippen LogP contribution in [0.4, 0.5) is 14.9 Å². The van der Waals surface area contributed by atoms with Crippen LogP contribution in [-0.4, -0.2) is 39.1 Å². The number of anilines is 1. The summed E-state index contributed by atoms with van der Waals surface area (Å²) in [6, 6.07) is 5.50. The Labute approximate surface area is 144 Å². The third-order valence-electron chi connectivity index (χ3n) is 4.51. The van der Waals surface area contributed by atoms with E-state index in [1.807, 2.05) is 4.68 Å². The van der Waals surface area contributed by atoms with Gasteiger partial charge in [0, 0.05) is 18.8 Å². The molecule has 25 heavy (non-hydrogen) atoms. The maximum absolute atomic E-state index is 13.0. The van der Waals surface area contributed by atoms with Gasteiger partial charge in [-0.05, 0) is 43.0 Å². The second kappa shape index (κ2) is 6.79. The van der Waals surface area contributed by atoms with Crippen LogP contribution in [0.1, 0.15) is 24.2 Å². The standard InChI is InChI=1S/C17H20FN5O2/c18-13-3-5-14(6-4-13)19-17(24)22-7-8-23-16(9-22)15(20-21-23)11-25-10-12-1-2-12/h3-6,12H,1-2,7-11H2,(H,19,24). The second-order valence-corrected chi connectivity index (χ2v) is 6.52. The predicted molar refractivity (Wildman–Crippen MR) is 88.2 cm³/mol. The van der Waals surface area contributed by atoms with Gasteiger partial charge in [-0.1, -0.05) is 5.21 Å². The maximum Gasteiger partial charge on any atom is 0.322 e. The topological polar surface area (TPSA) is 72.3 Å². The van der Waals surface area contributed by atoms with Gasteiger partial charge in [0.1, 0.15) is 11.5 Å². The molecular formula is C17H20FN5O2. The summed E-state index contributed by atoms with van der Waals surface area (Å²) in [6.07, 6.45) is 2.49. The molecule has 0 saturated heterocycles. The van der Waals surface area contributed by atoms with Crippen molar-refractivity contribution in [3.63, 3.8) is 0 Å². The average molecular weight is 345 g/mol. The Balaban J connectivity index is 1.38. The highest BCUT2D eigenvalue weighted by Crippen LogP contribution is 2.29. The first-order valence-corrected chi connectivity index (χ1v) is 8.49. The summed E-state index contributed by atoms with van der Waals surface area (Å²) >= 11 is 0. The molecule has 132 valence electrons. The fraction of sp³-hybridized carbons (Fsp3) is 0.471. The van der Waals surface area contributed by atoms with Crippen molar-refractivity contribution in [1.82, 2.24) is 19.9 Å². The summed E-state index contributed by atoms with van der Waals surface area (Å²) in [6.45, 7) is 2.77. The molecule has 4 rings (SSSR count). The molecule has 1 N–H and O–H groups in total. The maximum atomic E-state index is 13.0. The van der Waals surface area contributed by atoms with Gasteiger partial charge in [-0.3, -0.25) is 0 Å². The Morgan fingerprint density at radius 1 is 1.28 bits per heavy atom. The number of nitrogens with one attached hydrogen (secondary N) is 1. The quantitative estimate of drug-likeness (QED) is 0.903. The van der Waals surface area contributed by atoms with Gasteiger partial charge in [-0.2, -0.15) is 0 Å². The van der Waals surface area contributed by atoms with E-state index < -0.39 is 0 Å². The van der Waals surface area contributed by atoms with Gasteiger partial charge in [0.05, 0.1) is 25.4 Å². The zero-order valence-electron chi connectivity index (χ0n) is 13.8. The molecule has 1 aromatic heterocycles. The van der Waals surface area contributed by atoms with E-state index in [1.165, 1.54) is 25.0 Å². The largest absolute Gasteiger partial charge is 0.375 e. The van der Waals surface area contributed by atoms with Gasteiger partial charge in [0.2, 0.25) is 0 Å². The van der Waals surface area contributed by atoms with E-state index in [1.54, 1.807) is 17.0 Å². The van der Waals surface area contributed by atoms with E-state index in [9.17, 15) is 9.18 Å². The molecule has 0 radical (unpaired) electrons. The molecule has 1 fully saturated rings. The number of aromatic nitrogens is 3. The van der Waals surface area contributed by atoms with Gasteiger partial charge < -0.3 is 15.0 Å². The van der Waals surface area contributed by atoms with Crippen molar-refractivity contribution >= 4 is 11.7 Å². The van der Waals surface area contributed by atoms with Crippen molar-refractivity contribution in [2.45, 2.75) is 32.5 Å². The smallest absolute Gasteiger partial charge is 0.322 e. The van der Waals surface area contributed by atoms with E-state index in [-0.39, 0.29) is 11.8 Å². The zero-order valence-corrected chi connectivity index (χ0v) is 13.8. The number of urea groups is 1. The molecule has 1 aliphatic heterocycles. The highest BCUT2D eigenvalue weighted by molar-refractivity contribution is 5.89. The lowest BCUT2D eigenvalue weighted by atomic mass is 10.2. The molecule has 0 atom stereocenters. The number of carbonyl (C=O) groups excluding carboxylic acids is 1. The molecule has 2 aliphatic rings. The number of hydrogen-bond donors (Lipinski definition) is 1. The zero-order chi connectivity index (χ0) is 17.2. The second-order valence-electron chi connectivity index (χ2n) is 6.52. The highest BCUT2D eigenvalue weighted by Gasteiger charge is 2.26. The van der Waals surface area contributed by atoms with Crippen LogP contribution in [0.2, 0.25) is 0 Å². The molecule has 1 aliphatic carbocycles. The third kappa shape index (κ3) is 3.79. The monoisotopic (exact) mass is 345 g/mol. The normalized spacial score (nSPS) is 16.6. The number of halogens is 1. The molecule has 7 nitrogen and oxygen atoms in total. The number of ether oxygens (including phenoxy) is 1. The van der Waals surface area contributed by atoms with E-state index in [2.05, 4.69) is 15.6 Å². The van der Waals surface area contributed by atoms with Gasteiger partial charge in [0.25, 0.3) is 0 Å². The van der Waals surface area contributed by atoms with Gasteiger partial charge in [-0.15, -0.1) is 5.10 Å². The van der Waals surface area contributed by atoms with Gasteiger partial charge in [-0.25, -0.2) is 13.9 Å². The number of amides is 2. The van der Waals surface area contributed by atoms with Crippen LogP contribution in [0.5, 0.6) is 0 Å². The van der Waals surface area contributed by atoms with Gasteiger partial charge in [0.15, 0.2) is 0 Å². The van der Waals surface area contributed by atoms with Crippen LogP contribution in [0, 0.1) is 11.7 Å². The number of nitrogens with zero attached hydrogens (tertiary/aromatic N) is 4. The molecular weight excluding hydrogens is 325 g/mol. The molecule has 8 heteroatoms. The van der Waals surface area contributed by atoms with Crippen LogP contribution < -0.4 is 5.32 Å². The molecule has 0 spiro atoms. The fourth-order valence-electron chi connectivity index (χ4n) is 2.82. The number of fused-ring (bicyclic) bond motifs is 1. The van der Waals surface area contributed by atoms with Crippen LogP contribution in [0.3, 0.4) is 0 Å². The van der Waals surface area contributed by atoms with E-state index in [0.29, 0.717) is 37.8 Å². The Kier molecular flexibility index (Phi) is 4.35. The molecule has 2 amide bonds. The molecule has 1 aromatic carbocycles. The molecule has 2 heterocycles. The SMILES string of the molecule is O=C(Nc1ccc(F)cc1)N1CCn2nnc(COCC3CC3)c2C1. The first kappa shape index (κ1) is 16.0. The predicted octanol–water partition coefficient (Wildman–Crippen LogP) is 2.39. The van der Waals surface area contributed by atoms with Crippen LogP contribution in [0.25, 0.3) is 0 Å². The molecule has 0 unspecified atom stereocenters. The summed E-state index contributed by atoms with van der Waals surface area (Å²) in [5.74, 6) is 0.367. The molecule has 2 aromatic rings. The minimum absolute atomic E-state index is 0.219. The fourth-order valence-corrected chi connectivity index (χ4v) is 2.82. The van der Waals surface area contributed by atoms with Crippen LogP contribution >= 0.6 is 0 Å². The van der Waals surface area contributed by atoms with Crippen molar-refractivity contribution in [2.75, 3.05) is 18.5 Å². The Hall–Kier alpha value is -2.48. The summed E-state index contributed by atoms with van der Waals surface area (Å²) in [5.41, 5.74) is 2.27. The Morgan fingerprint density at radius 2 is 2.08 bits per heavy atom. The van der Waals surface area contributed by atoms with Crippen molar-refractivity contribution < 1.29 is 13.9 Å². The van der Waals surface area contributed by atoms with Crippen molar-refractivity contribution in [3.8, 4) is 0 Å². The summed E-state index contributed by atoms with van der Waals surface area (Å²) in [5, 5.41) is 11.1. The van der Waals surface area contributed by atoms with E-state index >= 15 is 0 Å². The molecule has 0 bridgehead atoms.